The van der Waals surface area contributed by atoms with E-state index in [4.69, 9.17) is 4.74 Å². The van der Waals surface area contributed by atoms with Gasteiger partial charge < -0.3 is 26.0 Å². The molecule has 0 radical (unpaired) electrons. The van der Waals surface area contributed by atoms with Crippen LogP contribution in [0.5, 0.6) is 11.8 Å². The summed E-state index contributed by atoms with van der Waals surface area (Å²) in [7, 11) is 0. The highest BCUT2D eigenvalue weighted by Crippen LogP contribution is 2.48. The Bertz CT molecular complexity index is 1340. The molecule has 11 nitrogen and oxygen atoms in total. The maximum Gasteiger partial charge on any atom is 0.326 e. The fraction of sp³-hybridized carbons (Fsp3) is 0.393. The molecule has 1 saturated carbocycles. The number of piperidine rings is 1. The van der Waals surface area contributed by atoms with Gasteiger partial charge in [-0.1, -0.05) is 49.4 Å². The number of nitrogens with zero attached hydrogens (tertiary/aromatic N) is 3. The van der Waals surface area contributed by atoms with Gasteiger partial charge in [-0.25, -0.2) is 14.8 Å². The van der Waals surface area contributed by atoms with Crippen molar-refractivity contribution in [1.82, 2.24) is 31.2 Å². The second-order valence-corrected chi connectivity index (χ2v) is 11.4. The first-order valence-corrected chi connectivity index (χ1v) is 14.4. The van der Waals surface area contributed by atoms with Crippen LogP contribution in [0.25, 0.3) is 0 Å². The SMILES string of the molecule is C=CC(=O)N[C@H]1CCCC[C@H]1NC(=O)C1=C2NC(=O)N(c3cnc(Oc4ccccc4)nc3)C3CCNC(S1)C23. The van der Waals surface area contributed by atoms with Crippen LogP contribution in [0, 0.1) is 5.92 Å². The van der Waals surface area contributed by atoms with E-state index in [2.05, 4.69) is 37.8 Å². The van der Waals surface area contributed by atoms with E-state index in [1.54, 1.807) is 17.3 Å². The molecule has 0 spiro atoms. The minimum atomic E-state index is -0.321. The lowest BCUT2D eigenvalue weighted by Gasteiger charge is -2.45. The molecule has 4 aliphatic rings. The molecule has 1 aromatic heterocycles. The molecule has 5 atom stereocenters. The fourth-order valence-corrected chi connectivity index (χ4v) is 7.35. The first-order valence-electron chi connectivity index (χ1n) is 13.5. The zero-order valence-electron chi connectivity index (χ0n) is 21.8. The summed E-state index contributed by atoms with van der Waals surface area (Å²) in [6.07, 6.45) is 8.68. The van der Waals surface area contributed by atoms with Crippen molar-refractivity contribution in [3.05, 3.63) is 66.0 Å². The van der Waals surface area contributed by atoms with Crippen LogP contribution in [0.15, 0.2) is 66.0 Å². The normalized spacial score (nSPS) is 27.4. The van der Waals surface area contributed by atoms with Crippen molar-refractivity contribution < 1.29 is 19.1 Å². The standard InChI is InChI=1S/C28H31N7O4S/c1-2-21(36)32-18-10-6-7-11-19(18)33-25(37)24-23-22-20(12-13-29-26(22)40-24)35(28(38)34-23)16-14-30-27(31-15-16)39-17-8-4-3-5-9-17/h2-5,8-9,14-15,18-20,22,26,29H,1,6-7,10-13H2,(H,32,36)(H,33,37)(H,34,38)/t18-,19+,20?,22?,26?/m0/s1. The number of carbonyl (C=O) groups is 3. The largest absolute Gasteiger partial charge is 0.424 e. The zero-order chi connectivity index (χ0) is 27.6. The molecule has 3 unspecified atom stereocenters. The number of hydrogen-bond acceptors (Lipinski definition) is 8. The second kappa shape index (κ2) is 11.3. The van der Waals surface area contributed by atoms with E-state index < -0.39 is 0 Å². The van der Waals surface area contributed by atoms with E-state index in [9.17, 15) is 14.4 Å². The van der Waals surface area contributed by atoms with Gasteiger partial charge in [0.2, 0.25) is 5.91 Å². The maximum atomic E-state index is 13.6. The van der Waals surface area contributed by atoms with Crippen LogP contribution >= 0.6 is 11.8 Å². The molecule has 4 amide bonds. The fourth-order valence-electron chi connectivity index (χ4n) is 5.96. The van der Waals surface area contributed by atoms with Crippen molar-refractivity contribution in [2.75, 3.05) is 11.4 Å². The molecule has 3 aliphatic heterocycles. The highest BCUT2D eigenvalue weighted by molar-refractivity contribution is 8.04. The van der Waals surface area contributed by atoms with Crippen molar-refractivity contribution in [3.8, 4) is 11.8 Å². The Morgan fingerprint density at radius 1 is 1.07 bits per heavy atom. The number of amides is 4. The molecule has 6 rings (SSSR count). The van der Waals surface area contributed by atoms with Crippen molar-refractivity contribution in [2.45, 2.75) is 55.6 Å². The molecular formula is C28H31N7O4S. The third kappa shape index (κ3) is 5.16. The summed E-state index contributed by atoms with van der Waals surface area (Å²) in [6.45, 7) is 4.24. The van der Waals surface area contributed by atoms with Gasteiger partial charge in [0.1, 0.15) is 5.75 Å². The number of carbonyl (C=O) groups excluding carboxylic acids is 3. The summed E-state index contributed by atoms with van der Waals surface area (Å²) < 4.78 is 5.70. The lowest BCUT2D eigenvalue weighted by Crippen LogP contribution is -2.62. The number of urea groups is 1. The van der Waals surface area contributed by atoms with Crippen LogP contribution in [0.3, 0.4) is 0 Å². The van der Waals surface area contributed by atoms with Gasteiger partial charge >= 0.3 is 12.0 Å². The Balaban J connectivity index is 1.20. The Morgan fingerprint density at radius 3 is 2.52 bits per heavy atom. The minimum Gasteiger partial charge on any atom is -0.424 e. The molecule has 1 aromatic carbocycles. The van der Waals surface area contributed by atoms with Crippen molar-refractivity contribution >= 4 is 35.3 Å². The van der Waals surface area contributed by atoms with Crippen molar-refractivity contribution in [1.29, 1.82) is 0 Å². The lowest BCUT2D eigenvalue weighted by atomic mass is 9.86. The Labute approximate surface area is 236 Å². The van der Waals surface area contributed by atoms with Gasteiger partial charge in [-0.15, -0.1) is 0 Å². The molecule has 2 aromatic rings. The molecule has 4 N–H and O–H groups in total. The van der Waals surface area contributed by atoms with Gasteiger partial charge in [-0.3, -0.25) is 14.5 Å². The topological polar surface area (TPSA) is 138 Å². The monoisotopic (exact) mass is 561 g/mol. The number of para-hydroxylation sites is 1. The van der Waals surface area contributed by atoms with Gasteiger partial charge in [0.05, 0.1) is 34.4 Å². The average molecular weight is 562 g/mol. The van der Waals surface area contributed by atoms with E-state index in [0.29, 0.717) is 35.0 Å². The van der Waals surface area contributed by atoms with Gasteiger partial charge in [-0.2, -0.15) is 0 Å². The summed E-state index contributed by atoms with van der Waals surface area (Å²) in [6, 6.07) is 8.63. The van der Waals surface area contributed by atoms with Crippen LogP contribution in [-0.2, 0) is 9.59 Å². The average Bonchev–Trinajstić information content (AvgIpc) is 3.35. The van der Waals surface area contributed by atoms with Gasteiger partial charge in [-0.05, 0) is 44.0 Å². The molecule has 208 valence electrons. The number of rotatable bonds is 7. The highest BCUT2D eigenvalue weighted by Gasteiger charge is 2.52. The lowest BCUT2D eigenvalue weighted by molar-refractivity contribution is -0.120. The summed E-state index contributed by atoms with van der Waals surface area (Å²) >= 11 is 1.45. The van der Waals surface area contributed by atoms with Crippen LogP contribution < -0.4 is 30.9 Å². The quantitative estimate of drug-likeness (QED) is 0.379. The van der Waals surface area contributed by atoms with Crippen LogP contribution in [0.2, 0.25) is 0 Å². The van der Waals surface area contributed by atoms with Crippen LogP contribution in [0.4, 0.5) is 10.5 Å². The van der Waals surface area contributed by atoms with Crippen LogP contribution in [0.1, 0.15) is 32.1 Å². The molecule has 3 fully saturated rings. The van der Waals surface area contributed by atoms with Crippen molar-refractivity contribution in [2.24, 2.45) is 5.92 Å². The Kier molecular flexibility index (Phi) is 7.44. The van der Waals surface area contributed by atoms with Gasteiger partial charge in [0.15, 0.2) is 0 Å². The molecule has 12 heteroatoms. The predicted molar refractivity (Wildman–Crippen MR) is 150 cm³/mol. The summed E-state index contributed by atoms with van der Waals surface area (Å²) in [5.41, 5.74) is 1.21. The van der Waals surface area contributed by atoms with Gasteiger partial charge in [0.25, 0.3) is 5.91 Å². The summed E-state index contributed by atoms with van der Waals surface area (Å²) in [5, 5.41) is 12.6. The third-order valence-corrected chi connectivity index (χ3v) is 9.14. The predicted octanol–water partition coefficient (Wildman–Crippen LogP) is 2.79. The molecule has 40 heavy (non-hydrogen) atoms. The van der Waals surface area contributed by atoms with Crippen molar-refractivity contribution in [3.63, 3.8) is 0 Å². The van der Waals surface area contributed by atoms with E-state index >= 15 is 0 Å². The van der Waals surface area contributed by atoms with Gasteiger partial charge in [0, 0.05) is 23.7 Å². The maximum absolute atomic E-state index is 13.6. The first kappa shape index (κ1) is 26.3. The van der Waals surface area contributed by atoms with E-state index in [1.165, 1.54) is 17.8 Å². The third-order valence-electron chi connectivity index (χ3n) is 7.79. The summed E-state index contributed by atoms with van der Waals surface area (Å²) in [5.74, 6) is 0.0578. The first-order chi connectivity index (χ1) is 19.5. The molecular weight excluding hydrogens is 530 g/mol. The molecule has 1 aliphatic carbocycles. The zero-order valence-corrected chi connectivity index (χ0v) is 22.7. The Hall–Kier alpha value is -3.90. The number of hydrogen-bond donors (Lipinski definition) is 4. The minimum absolute atomic E-state index is 0.0539. The smallest absolute Gasteiger partial charge is 0.326 e. The van der Waals surface area contributed by atoms with E-state index in [0.717, 1.165) is 25.7 Å². The van der Waals surface area contributed by atoms with E-state index in [-0.39, 0.29) is 53.3 Å². The number of thioether (sulfide) groups is 1. The summed E-state index contributed by atoms with van der Waals surface area (Å²) in [4.78, 5) is 49.8. The molecule has 4 heterocycles. The number of nitrogens with one attached hydrogen (secondary N) is 4. The second-order valence-electron chi connectivity index (χ2n) is 10.2. The van der Waals surface area contributed by atoms with Crippen LogP contribution in [-0.4, -0.2) is 57.9 Å². The number of ether oxygens (including phenoxy) is 1. The number of benzene rings is 1. The van der Waals surface area contributed by atoms with E-state index in [1.807, 2.05) is 30.3 Å². The number of anilines is 1. The molecule has 0 bridgehead atoms. The number of aromatic nitrogens is 2. The highest BCUT2D eigenvalue weighted by atomic mass is 32.2. The molecule has 2 saturated heterocycles. The Morgan fingerprint density at radius 2 is 1.80 bits per heavy atom.